The molecule has 4 nitrogen and oxygen atoms in total. The Morgan fingerprint density at radius 3 is 2.19 bits per heavy atom. The van der Waals surface area contributed by atoms with E-state index < -0.39 is 0 Å². The summed E-state index contributed by atoms with van der Waals surface area (Å²) in [6.45, 7) is 6.23. The minimum Gasteiger partial charge on any atom is -0.348 e. The number of aliphatic imine (C=N–C) groups is 1. The first-order chi connectivity index (χ1) is 7.45. The Bertz CT molecular complexity index is 408. The monoisotopic (exact) mass is 220 g/mol. The van der Waals surface area contributed by atoms with Crippen LogP contribution in [0.15, 0.2) is 17.1 Å². The Labute approximate surface area is 97.1 Å². The topological polar surface area (TPSA) is 53.6 Å². The number of nitrogens with two attached hydrogens (primary N) is 1. The smallest absolute Gasteiger partial charge is 0.213 e. The maximum Gasteiger partial charge on any atom is 0.213 e. The molecule has 0 radical (unpaired) electrons. The third-order valence-electron chi connectivity index (χ3n) is 2.59. The molecule has 0 saturated heterocycles. The quantitative estimate of drug-likeness (QED) is 0.327. The lowest BCUT2D eigenvalue weighted by Crippen LogP contribution is -2.40. The van der Waals surface area contributed by atoms with Gasteiger partial charge < -0.3 is 4.90 Å². The molecule has 0 amide bonds. The lowest BCUT2D eigenvalue weighted by atomic mass is 10.1. The Morgan fingerprint density at radius 2 is 1.69 bits per heavy atom. The average Bonchev–Trinajstić information content (AvgIpc) is 2.21. The van der Waals surface area contributed by atoms with Crippen LogP contribution in [0, 0.1) is 20.8 Å². The van der Waals surface area contributed by atoms with Crippen molar-refractivity contribution in [2.45, 2.75) is 20.8 Å². The molecular formula is C12H20N4. The third-order valence-corrected chi connectivity index (χ3v) is 2.59. The lowest BCUT2D eigenvalue weighted by Gasteiger charge is -2.15. The highest BCUT2D eigenvalue weighted by Crippen LogP contribution is 2.22. The third kappa shape index (κ3) is 2.73. The molecule has 0 fully saturated rings. The summed E-state index contributed by atoms with van der Waals surface area (Å²) < 4.78 is 0. The van der Waals surface area contributed by atoms with E-state index >= 15 is 0 Å². The van der Waals surface area contributed by atoms with Crippen LogP contribution >= 0.6 is 0 Å². The van der Waals surface area contributed by atoms with Gasteiger partial charge in [-0.05, 0) is 43.5 Å². The molecule has 0 unspecified atom stereocenters. The minimum atomic E-state index is 0.645. The van der Waals surface area contributed by atoms with Crippen LogP contribution in [-0.2, 0) is 0 Å². The largest absolute Gasteiger partial charge is 0.348 e. The van der Waals surface area contributed by atoms with Crippen molar-refractivity contribution in [1.82, 2.24) is 10.3 Å². The molecule has 1 aromatic carbocycles. The van der Waals surface area contributed by atoms with Crippen LogP contribution in [-0.4, -0.2) is 25.0 Å². The van der Waals surface area contributed by atoms with Crippen molar-refractivity contribution in [3.05, 3.63) is 28.8 Å². The maximum absolute atomic E-state index is 5.42. The molecule has 0 aliphatic rings. The molecule has 0 spiro atoms. The average molecular weight is 220 g/mol. The second-order valence-corrected chi connectivity index (χ2v) is 4.20. The first-order valence-corrected chi connectivity index (χ1v) is 5.26. The molecule has 0 aliphatic heterocycles. The number of hydrogen-bond acceptors (Lipinski definition) is 2. The summed E-state index contributed by atoms with van der Waals surface area (Å²) in [6, 6.07) is 4.21. The van der Waals surface area contributed by atoms with E-state index in [2.05, 4.69) is 43.3 Å². The molecule has 88 valence electrons. The van der Waals surface area contributed by atoms with Crippen molar-refractivity contribution >= 4 is 11.6 Å². The summed E-state index contributed by atoms with van der Waals surface area (Å²) in [5, 5.41) is 0. The number of rotatable bonds is 1. The van der Waals surface area contributed by atoms with Crippen molar-refractivity contribution < 1.29 is 0 Å². The van der Waals surface area contributed by atoms with Crippen LogP contribution in [0.25, 0.3) is 0 Å². The highest BCUT2D eigenvalue weighted by Gasteiger charge is 2.04. The van der Waals surface area contributed by atoms with Crippen molar-refractivity contribution in [3.8, 4) is 0 Å². The van der Waals surface area contributed by atoms with Gasteiger partial charge >= 0.3 is 0 Å². The van der Waals surface area contributed by atoms with E-state index in [9.17, 15) is 0 Å². The molecule has 16 heavy (non-hydrogen) atoms. The Morgan fingerprint density at radius 1 is 1.12 bits per heavy atom. The summed E-state index contributed by atoms with van der Waals surface area (Å²) in [4.78, 5) is 6.33. The molecule has 3 N–H and O–H groups in total. The maximum atomic E-state index is 5.42. The zero-order valence-corrected chi connectivity index (χ0v) is 10.6. The van der Waals surface area contributed by atoms with Crippen molar-refractivity contribution in [3.63, 3.8) is 0 Å². The van der Waals surface area contributed by atoms with Gasteiger partial charge in [0.15, 0.2) is 0 Å². The Balaban J connectivity index is 3.18. The van der Waals surface area contributed by atoms with E-state index in [1.165, 1.54) is 11.1 Å². The number of benzene rings is 1. The molecule has 0 heterocycles. The SMILES string of the molecule is Cc1cc(C)c(/N=C(\NN)N(C)C)cc1C. The van der Waals surface area contributed by atoms with Gasteiger partial charge in [0, 0.05) is 14.1 Å². The number of nitrogens with zero attached hydrogens (tertiary/aromatic N) is 2. The van der Waals surface area contributed by atoms with Gasteiger partial charge in [0.25, 0.3) is 0 Å². The van der Waals surface area contributed by atoms with Gasteiger partial charge in [-0.15, -0.1) is 0 Å². The van der Waals surface area contributed by atoms with Crippen LogP contribution in [0.3, 0.4) is 0 Å². The van der Waals surface area contributed by atoms with E-state index in [0.717, 1.165) is 11.3 Å². The van der Waals surface area contributed by atoms with Gasteiger partial charge in [0.2, 0.25) is 5.96 Å². The summed E-state index contributed by atoms with van der Waals surface area (Å²) in [5.41, 5.74) is 7.20. The fourth-order valence-corrected chi connectivity index (χ4v) is 1.44. The van der Waals surface area contributed by atoms with Crippen LogP contribution in [0.5, 0.6) is 0 Å². The van der Waals surface area contributed by atoms with Gasteiger partial charge in [-0.2, -0.15) is 0 Å². The van der Waals surface area contributed by atoms with Gasteiger partial charge in [0.1, 0.15) is 0 Å². The van der Waals surface area contributed by atoms with E-state index in [0.29, 0.717) is 5.96 Å². The molecule has 4 heteroatoms. The predicted molar refractivity (Wildman–Crippen MR) is 68.8 cm³/mol. The second-order valence-electron chi connectivity index (χ2n) is 4.20. The number of hydrogen-bond donors (Lipinski definition) is 2. The molecule has 0 aliphatic carbocycles. The van der Waals surface area contributed by atoms with E-state index in [1.54, 1.807) is 0 Å². The van der Waals surface area contributed by atoms with Gasteiger partial charge in [0.05, 0.1) is 5.69 Å². The van der Waals surface area contributed by atoms with Gasteiger partial charge in [-0.1, -0.05) is 6.07 Å². The Hall–Kier alpha value is -1.55. The van der Waals surface area contributed by atoms with Crippen LogP contribution in [0.4, 0.5) is 5.69 Å². The Kier molecular flexibility index (Phi) is 3.90. The zero-order chi connectivity index (χ0) is 12.3. The standard InChI is InChI=1S/C12H20N4/c1-8-6-10(3)11(7-9(8)2)14-12(15-13)16(4)5/h6-7H,13H2,1-5H3,(H,14,15). The molecule has 1 aromatic rings. The minimum absolute atomic E-state index is 0.645. The zero-order valence-electron chi connectivity index (χ0n) is 10.6. The van der Waals surface area contributed by atoms with E-state index in [1.807, 2.05) is 19.0 Å². The first kappa shape index (κ1) is 12.5. The molecular weight excluding hydrogens is 200 g/mol. The second kappa shape index (κ2) is 4.99. The molecule has 0 bridgehead atoms. The van der Waals surface area contributed by atoms with Crippen molar-refractivity contribution in [2.24, 2.45) is 10.8 Å². The normalized spacial score (nSPS) is 11.5. The molecule has 0 aromatic heterocycles. The summed E-state index contributed by atoms with van der Waals surface area (Å²) in [7, 11) is 3.80. The fourth-order valence-electron chi connectivity index (χ4n) is 1.44. The van der Waals surface area contributed by atoms with Crippen molar-refractivity contribution in [1.29, 1.82) is 0 Å². The first-order valence-electron chi connectivity index (χ1n) is 5.26. The van der Waals surface area contributed by atoms with E-state index in [-0.39, 0.29) is 0 Å². The molecule has 1 rings (SSSR count). The predicted octanol–water partition coefficient (Wildman–Crippen LogP) is 1.62. The highest BCUT2D eigenvalue weighted by molar-refractivity contribution is 5.82. The molecule has 0 atom stereocenters. The summed E-state index contributed by atoms with van der Waals surface area (Å²) in [6.07, 6.45) is 0. The molecule has 0 saturated carbocycles. The van der Waals surface area contributed by atoms with Gasteiger partial charge in [-0.25, -0.2) is 10.8 Å². The lowest BCUT2D eigenvalue weighted by molar-refractivity contribution is 0.590. The van der Waals surface area contributed by atoms with Crippen LogP contribution in [0.2, 0.25) is 0 Å². The number of nitrogens with one attached hydrogen (secondary N) is 1. The number of guanidine groups is 1. The summed E-state index contributed by atoms with van der Waals surface area (Å²) >= 11 is 0. The highest BCUT2D eigenvalue weighted by atomic mass is 15.4. The van der Waals surface area contributed by atoms with Crippen LogP contribution < -0.4 is 11.3 Å². The van der Waals surface area contributed by atoms with Gasteiger partial charge in [-0.3, -0.25) is 5.43 Å². The van der Waals surface area contributed by atoms with Crippen LogP contribution in [0.1, 0.15) is 16.7 Å². The fraction of sp³-hybridized carbons (Fsp3) is 0.417. The van der Waals surface area contributed by atoms with Crippen molar-refractivity contribution in [2.75, 3.05) is 14.1 Å². The number of aryl methyl sites for hydroxylation is 3. The summed E-state index contributed by atoms with van der Waals surface area (Å²) in [5.74, 6) is 6.06. The van der Waals surface area contributed by atoms with E-state index in [4.69, 9.17) is 5.84 Å². The number of hydrazine groups is 1.